The zero-order valence-electron chi connectivity index (χ0n) is 13.9. The summed E-state index contributed by atoms with van der Waals surface area (Å²) in [5, 5.41) is 1.79. The van der Waals surface area contributed by atoms with Crippen molar-refractivity contribution in [3.05, 3.63) is 47.4 Å². The molecule has 2 amide bonds. The van der Waals surface area contributed by atoms with Crippen LogP contribution in [0.15, 0.2) is 35.8 Å². The number of hydrogen-bond donors (Lipinski definition) is 1. The summed E-state index contributed by atoms with van der Waals surface area (Å²) in [6.45, 7) is 1.03. The predicted octanol–water partition coefficient (Wildman–Crippen LogP) is 2.54. The molecule has 3 aromatic rings. The standard InChI is InChI=1S/C18H17FN4O2S/c19-13-3-1-11(2-4-13)14-9-23-15(10-26-18(23)21-14)17(25)22-7-5-12(6-8-22)16(20)24/h1-4,9-10,12H,5-8H2,(H2,20,24). The SMILES string of the molecule is NC(=O)C1CCN(C(=O)c2csc3nc(-c4ccc(F)cc4)cn23)CC1. The van der Waals surface area contributed by atoms with Crippen LogP contribution in [0.1, 0.15) is 23.3 Å². The average Bonchev–Trinajstić information content (AvgIpc) is 3.22. The first-order valence-corrected chi connectivity index (χ1v) is 9.22. The lowest BCUT2D eigenvalue weighted by Crippen LogP contribution is -2.42. The third kappa shape index (κ3) is 2.96. The van der Waals surface area contributed by atoms with Gasteiger partial charge in [0.2, 0.25) is 5.91 Å². The maximum atomic E-state index is 13.1. The van der Waals surface area contributed by atoms with Gasteiger partial charge in [-0.1, -0.05) is 0 Å². The Bertz CT molecular complexity index is 971. The summed E-state index contributed by atoms with van der Waals surface area (Å²) in [6.07, 6.45) is 2.99. The zero-order valence-corrected chi connectivity index (χ0v) is 14.7. The highest BCUT2D eigenvalue weighted by Gasteiger charge is 2.28. The van der Waals surface area contributed by atoms with E-state index >= 15 is 0 Å². The van der Waals surface area contributed by atoms with Crippen LogP contribution in [-0.2, 0) is 4.79 Å². The van der Waals surface area contributed by atoms with Crippen LogP contribution in [0.2, 0.25) is 0 Å². The Labute approximate surface area is 153 Å². The number of nitrogens with zero attached hydrogens (tertiary/aromatic N) is 3. The third-order valence-electron chi connectivity index (χ3n) is 4.75. The van der Waals surface area contributed by atoms with E-state index in [0.29, 0.717) is 42.3 Å². The average molecular weight is 372 g/mol. The molecular weight excluding hydrogens is 355 g/mol. The second kappa shape index (κ2) is 6.53. The number of amides is 2. The minimum atomic E-state index is -0.301. The number of carbonyl (C=O) groups excluding carboxylic acids is 2. The Morgan fingerprint density at radius 2 is 1.88 bits per heavy atom. The molecule has 3 heterocycles. The van der Waals surface area contributed by atoms with Gasteiger partial charge >= 0.3 is 0 Å². The number of hydrogen-bond acceptors (Lipinski definition) is 4. The molecule has 1 fully saturated rings. The molecular formula is C18H17FN4O2S. The summed E-state index contributed by atoms with van der Waals surface area (Å²) in [5.74, 6) is -0.833. The quantitative estimate of drug-likeness (QED) is 0.767. The first-order chi connectivity index (χ1) is 12.5. The predicted molar refractivity (Wildman–Crippen MR) is 96.3 cm³/mol. The van der Waals surface area contributed by atoms with Crippen LogP contribution in [0, 0.1) is 11.7 Å². The molecule has 1 aliphatic heterocycles. The van der Waals surface area contributed by atoms with Crippen molar-refractivity contribution < 1.29 is 14.0 Å². The summed E-state index contributed by atoms with van der Waals surface area (Å²) in [5.41, 5.74) is 7.38. The number of aromatic nitrogens is 2. The topological polar surface area (TPSA) is 80.7 Å². The monoisotopic (exact) mass is 372 g/mol. The van der Waals surface area contributed by atoms with E-state index in [1.165, 1.54) is 23.5 Å². The highest BCUT2D eigenvalue weighted by atomic mass is 32.1. The Morgan fingerprint density at radius 1 is 1.19 bits per heavy atom. The molecule has 0 aliphatic carbocycles. The maximum Gasteiger partial charge on any atom is 0.271 e. The first-order valence-electron chi connectivity index (χ1n) is 8.34. The smallest absolute Gasteiger partial charge is 0.271 e. The molecule has 0 unspecified atom stereocenters. The normalized spacial score (nSPS) is 15.5. The van der Waals surface area contributed by atoms with Crippen molar-refractivity contribution in [1.82, 2.24) is 14.3 Å². The van der Waals surface area contributed by atoms with E-state index in [-0.39, 0.29) is 23.5 Å². The number of benzene rings is 1. The Morgan fingerprint density at radius 3 is 2.54 bits per heavy atom. The van der Waals surface area contributed by atoms with Crippen LogP contribution < -0.4 is 5.73 Å². The maximum absolute atomic E-state index is 13.1. The molecule has 2 N–H and O–H groups in total. The van der Waals surface area contributed by atoms with E-state index < -0.39 is 0 Å². The van der Waals surface area contributed by atoms with E-state index in [9.17, 15) is 14.0 Å². The fourth-order valence-electron chi connectivity index (χ4n) is 3.23. The van der Waals surface area contributed by atoms with Gasteiger partial charge in [-0.05, 0) is 37.1 Å². The molecule has 0 spiro atoms. The van der Waals surface area contributed by atoms with Crippen molar-refractivity contribution >= 4 is 28.1 Å². The number of thiazole rings is 1. The third-order valence-corrected chi connectivity index (χ3v) is 5.59. The number of imidazole rings is 1. The number of carbonyl (C=O) groups is 2. The van der Waals surface area contributed by atoms with Gasteiger partial charge in [-0.2, -0.15) is 0 Å². The van der Waals surface area contributed by atoms with Crippen LogP contribution in [0.3, 0.4) is 0 Å². The van der Waals surface area contributed by atoms with E-state index in [4.69, 9.17) is 5.73 Å². The highest BCUT2D eigenvalue weighted by Crippen LogP contribution is 2.26. The Hall–Kier alpha value is -2.74. The molecule has 0 radical (unpaired) electrons. The largest absolute Gasteiger partial charge is 0.369 e. The van der Waals surface area contributed by atoms with Crippen molar-refractivity contribution in [2.24, 2.45) is 11.7 Å². The molecule has 8 heteroatoms. The molecule has 0 bridgehead atoms. The van der Waals surface area contributed by atoms with E-state index in [2.05, 4.69) is 4.98 Å². The summed E-state index contributed by atoms with van der Waals surface area (Å²) >= 11 is 1.39. The van der Waals surface area contributed by atoms with Gasteiger partial charge in [0, 0.05) is 36.1 Å². The summed E-state index contributed by atoms with van der Waals surface area (Å²) in [4.78, 5) is 31.1. The van der Waals surface area contributed by atoms with E-state index in [1.54, 1.807) is 33.0 Å². The van der Waals surface area contributed by atoms with E-state index in [1.807, 2.05) is 0 Å². The molecule has 0 saturated carbocycles. The highest BCUT2D eigenvalue weighted by molar-refractivity contribution is 7.15. The Kier molecular flexibility index (Phi) is 4.20. The van der Waals surface area contributed by atoms with Crippen molar-refractivity contribution in [1.29, 1.82) is 0 Å². The lowest BCUT2D eigenvalue weighted by Gasteiger charge is -2.30. The van der Waals surface area contributed by atoms with Crippen molar-refractivity contribution in [2.45, 2.75) is 12.8 Å². The Balaban J connectivity index is 1.58. The molecule has 2 aromatic heterocycles. The molecule has 1 saturated heterocycles. The number of fused-ring (bicyclic) bond motifs is 1. The number of piperidine rings is 1. The lowest BCUT2D eigenvalue weighted by molar-refractivity contribution is -0.123. The second-order valence-electron chi connectivity index (χ2n) is 6.38. The van der Waals surface area contributed by atoms with E-state index in [0.717, 1.165) is 5.56 Å². The van der Waals surface area contributed by atoms with Crippen LogP contribution in [0.5, 0.6) is 0 Å². The second-order valence-corrected chi connectivity index (χ2v) is 7.21. The van der Waals surface area contributed by atoms with Gasteiger partial charge in [-0.15, -0.1) is 11.3 Å². The minimum absolute atomic E-state index is 0.0813. The lowest BCUT2D eigenvalue weighted by atomic mass is 9.96. The van der Waals surface area contributed by atoms with Crippen molar-refractivity contribution in [3.63, 3.8) is 0 Å². The molecule has 1 aliphatic rings. The molecule has 26 heavy (non-hydrogen) atoms. The number of primary amides is 1. The number of nitrogens with two attached hydrogens (primary N) is 1. The van der Waals surface area contributed by atoms with Crippen molar-refractivity contribution in [2.75, 3.05) is 13.1 Å². The minimum Gasteiger partial charge on any atom is -0.369 e. The van der Waals surface area contributed by atoms with Crippen LogP contribution in [-0.4, -0.2) is 39.2 Å². The van der Waals surface area contributed by atoms with Crippen LogP contribution in [0.25, 0.3) is 16.2 Å². The number of halogens is 1. The number of rotatable bonds is 3. The fraction of sp³-hybridized carbons (Fsp3) is 0.278. The fourth-order valence-corrected chi connectivity index (χ4v) is 4.07. The molecule has 1 aromatic carbocycles. The van der Waals surface area contributed by atoms with Gasteiger partial charge < -0.3 is 10.6 Å². The van der Waals surface area contributed by atoms with Gasteiger partial charge in [-0.25, -0.2) is 9.37 Å². The van der Waals surface area contributed by atoms with Gasteiger partial charge in [0.1, 0.15) is 11.5 Å². The molecule has 0 atom stereocenters. The summed E-state index contributed by atoms with van der Waals surface area (Å²) in [6, 6.07) is 6.10. The first kappa shape index (κ1) is 16.7. The number of likely N-dealkylation sites (tertiary alicyclic amines) is 1. The van der Waals surface area contributed by atoms with Gasteiger partial charge in [0.15, 0.2) is 4.96 Å². The van der Waals surface area contributed by atoms with Gasteiger partial charge in [0.05, 0.1) is 5.69 Å². The molecule has 134 valence electrons. The summed E-state index contributed by atoms with van der Waals surface area (Å²) in [7, 11) is 0. The summed E-state index contributed by atoms with van der Waals surface area (Å²) < 4.78 is 14.9. The van der Waals surface area contributed by atoms with Crippen molar-refractivity contribution in [3.8, 4) is 11.3 Å². The van der Waals surface area contributed by atoms with Crippen LogP contribution >= 0.6 is 11.3 Å². The molecule has 4 rings (SSSR count). The molecule has 6 nitrogen and oxygen atoms in total. The zero-order chi connectivity index (χ0) is 18.3. The van der Waals surface area contributed by atoms with Gasteiger partial charge in [-0.3, -0.25) is 14.0 Å². The van der Waals surface area contributed by atoms with Crippen LogP contribution in [0.4, 0.5) is 4.39 Å². The van der Waals surface area contributed by atoms with Gasteiger partial charge in [0.25, 0.3) is 5.91 Å².